The molecule has 1 N–H and O–H groups in total. The Hall–Kier alpha value is -1.02. The second-order valence-electron chi connectivity index (χ2n) is 4.63. The number of allylic oxidation sites excluding steroid dienone is 1. The quantitative estimate of drug-likeness (QED) is 0.763. The van der Waals surface area contributed by atoms with Crippen molar-refractivity contribution in [3.05, 3.63) is 35.3 Å². The Morgan fingerprint density at radius 1 is 1.44 bits per heavy atom. The SMILES string of the molecule is Cc1ccc(C(C)NCCC2=CCCC2)o1. The van der Waals surface area contributed by atoms with Crippen LogP contribution in [0.4, 0.5) is 0 Å². The van der Waals surface area contributed by atoms with E-state index in [0.29, 0.717) is 6.04 Å². The van der Waals surface area contributed by atoms with E-state index in [4.69, 9.17) is 4.42 Å². The van der Waals surface area contributed by atoms with Gasteiger partial charge in [-0.05, 0) is 58.2 Å². The highest BCUT2D eigenvalue weighted by Gasteiger charge is 2.09. The third-order valence-corrected chi connectivity index (χ3v) is 3.22. The molecule has 2 rings (SSSR count). The molecule has 1 aromatic rings. The number of rotatable bonds is 5. The van der Waals surface area contributed by atoms with E-state index in [1.807, 2.05) is 13.0 Å². The van der Waals surface area contributed by atoms with Crippen molar-refractivity contribution in [1.29, 1.82) is 0 Å². The van der Waals surface area contributed by atoms with Crippen LogP contribution in [0.2, 0.25) is 0 Å². The van der Waals surface area contributed by atoms with Crippen molar-refractivity contribution < 1.29 is 4.42 Å². The maximum Gasteiger partial charge on any atom is 0.120 e. The third kappa shape index (κ3) is 2.99. The van der Waals surface area contributed by atoms with Crippen LogP contribution in [0.3, 0.4) is 0 Å². The first-order valence-electron chi connectivity index (χ1n) is 6.23. The molecule has 0 saturated carbocycles. The van der Waals surface area contributed by atoms with E-state index in [0.717, 1.165) is 18.1 Å². The molecule has 1 aromatic heterocycles. The zero-order valence-electron chi connectivity index (χ0n) is 10.3. The lowest BCUT2D eigenvalue weighted by molar-refractivity contribution is 0.417. The summed E-state index contributed by atoms with van der Waals surface area (Å²) in [5.41, 5.74) is 1.62. The Bertz CT molecular complexity index is 365. The molecular formula is C14H21NO. The molecule has 88 valence electrons. The highest BCUT2D eigenvalue weighted by atomic mass is 16.3. The molecule has 0 amide bonds. The normalized spacial score (nSPS) is 17.5. The molecule has 1 aliphatic rings. The molecule has 16 heavy (non-hydrogen) atoms. The van der Waals surface area contributed by atoms with Gasteiger partial charge in [-0.1, -0.05) is 11.6 Å². The van der Waals surface area contributed by atoms with Crippen LogP contribution in [0, 0.1) is 6.92 Å². The zero-order valence-corrected chi connectivity index (χ0v) is 10.3. The minimum absolute atomic E-state index is 0.315. The predicted octanol–water partition coefficient (Wildman–Crippen LogP) is 3.74. The standard InChI is InChI=1S/C14H21NO/c1-11-7-8-14(16-11)12(2)15-10-9-13-5-3-4-6-13/h5,7-8,12,15H,3-4,6,9-10H2,1-2H3. The van der Waals surface area contributed by atoms with Gasteiger partial charge in [0.05, 0.1) is 6.04 Å². The van der Waals surface area contributed by atoms with Crippen LogP contribution < -0.4 is 5.32 Å². The monoisotopic (exact) mass is 219 g/mol. The summed E-state index contributed by atoms with van der Waals surface area (Å²) in [6.45, 7) is 5.19. The van der Waals surface area contributed by atoms with E-state index in [-0.39, 0.29) is 0 Å². The first-order chi connectivity index (χ1) is 7.75. The van der Waals surface area contributed by atoms with Gasteiger partial charge >= 0.3 is 0 Å². The second-order valence-corrected chi connectivity index (χ2v) is 4.63. The van der Waals surface area contributed by atoms with Crippen molar-refractivity contribution in [2.45, 2.75) is 45.6 Å². The van der Waals surface area contributed by atoms with E-state index in [1.54, 1.807) is 5.57 Å². The summed E-state index contributed by atoms with van der Waals surface area (Å²) in [6, 6.07) is 4.39. The highest BCUT2D eigenvalue weighted by Crippen LogP contribution is 2.21. The molecule has 0 fully saturated rings. The van der Waals surface area contributed by atoms with Crippen LogP contribution in [0.5, 0.6) is 0 Å². The van der Waals surface area contributed by atoms with Gasteiger partial charge in [0.1, 0.15) is 11.5 Å². The summed E-state index contributed by atoms with van der Waals surface area (Å²) in [6.07, 6.45) is 7.51. The van der Waals surface area contributed by atoms with Crippen molar-refractivity contribution in [2.75, 3.05) is 6.54 Å². The van der Waals surface area contributed by atoms with Crippen molar-refractivity contribution in [3.8, 4) is 0 Å². The fourth-order valence-corrected chi connectivity index (χ4v) is 2.20. The van der Waals surface area contributed by atoms with Crippen molar-refractivity contribution >= 4 is 0 Å². The molecule has 1 atom stereocenters. The van der Waals surface area contributed by atoms with Gasteiger partial charge in [-0.25, -0.2) is 0 Å². The van der Waals surface area contributed by atoms with Crippen molar-refractivity contribution in [1.82, 2.24) is 5.32 Å². The highest BCUT2D eigenvalue weighted by molar-refractivity contribution is 5.10. The summed E-state index contributed by atoms with van der Waals surface area (Å²) in [4.78, 5) is 0. The van der Waals surface area contributed by atoms with Crippen LogP contribution in [-0.2, 0) is 0 Å². The van der Waals surface area contributed by atoms with Gasteiger partial charge in [-0.3, -0.25) is 0 Å². The van der Waals surface area contributed by atoms with Crippen molar-refractivity contribution in [3.63, 3.8) is 0 Å². The van der Waals surface area contributed by atoms with Crippen LogP contribution in [0.1, 0.15) is 50.2 Å². The van der Waals surface area contributed by atoms with E-state index < -0.39 is 0 Å². The molecule has 2 heteroatoms. The first kappa shape index (κ1) is 11.5. The van der Waals surface area contributed by atoms with Gasteiger partial charge < -0.3 is 9.73 Å². The number of hydrogen-bond acceptors (Lipinski definition) is 2. The second kappa shape index (κ2) is 5.35. The van der Waals surface area contributed by atoms with Gasteiger partial charge in [0, 0.05) is 0 Å². The van der Waals surface area contributed by atoms with Gasteiger partial charge in [0.2, 0.25) is 0 Å². The minimum Gasteiger partial charge on any atom is -0.465 e. The van der Waals surface area contributed by atoms with Gasteiger partial charge in [0.25, 0.3) is 0 Å². The van der Waals surface area contributed by atoms with E-state index in [1.165, 1.54) is 25.7 Å². The Kier molecular flexibility index (Phi) is 3.83. The maximum atomic E-state index is 5.59. The molecule has 0 saturated heterocycles. The summed E-state index contributed by atoms with van der Waals surface area (Å²) >= 11 is 0. The fraction of sp³-hybridized carbons (Fsp3) is 0.571. The summed E-state index contributed by atoms with van der Waals surface area (Å²) in [7, 11) is 0. The third-order valence-electron chi connectivity index (χ3n) is 3.22. The Morgan fingerprint density at radius 2 is 2.31 bits per heavy atom. The molecule has 1 heterocycles. The molecule has 0 spiro atoms. The molecule has 0 aromatic carbocycles. The molecule has 1 aliphatic carbocycles. The molecule has 0 aliphatic heterocycles. The summed E-state index contributed by atoms with van der Waals surface area (Å²) in [5, 5.41) is 3.50. The lowest BCUT2D eigenvalue weighted by Crippen LogP contribution is -2.19. The largest absolute Gasteiger partial charge is 0.465 e. The molecule has 2 nitrogen and oxygen atoms in total. The molecule has 0 radical (unpaired) electrons. The molecule has 0 bridgehead atoms. The van der Waals surface area contributed by atoms with Crippen LogP contribution in [0.25, 0.3) is 0 Å². The van der Waals surface area contributed by atoms with Crippen LogP contribution in [-0.4, -0.2) is 6.54 Å². The molecule has 1 unspecified atom stereocenters. The van der Waals surface area contributed by atoms with Gasteiger partial charge in [-0.15, -0.1) is 0 Å². The maximum absolute atomic E-state index is 5.59. The predicted molar refractivity (Wildman–Crippen MR) is 66.4 cm³/mol. The number of nitrogens with one attached hydrogen (secondary N) is 1. The first-order valence-corrected chi connectivity index (χ1v) is 6.23. The van der Waals surface area contributed by atoms with Gasteiger partial charge in [0.15, 0.2) is 0 Å². The minimum atomic E-state index is 0.315. The molecular weight excluding hydrogens is 198 g/mol. The number of hydrogen-bond donors (Lipinski definition) is 1. The lowest BCUT2D eigenvalue weighted by atomic mass is 10.1. The van der Waals surface area contributed by atoms with E-state index in [9.17, 15) is 0 Å². The Balaban J connectivity index is 1.73. The number of aryl methyl sites for hydroxylation is 1. The van der Waals surface area contributed by atoms with E-state index >= 15 is 0 Å². The fourth-order valence-electron chi connectivity index (χ4n) is 2.20. The van der Waals surface area contributed by atoms with Crippen LogP contribution >= 0.6 is 0 Å². The summed E-state index contributed by atoms with van der Waals surface area (Å²) in [5.74, 6) is 2.03. The average molecular weight is 219 g/mol. The smallest absolute Gasteiger partial charge is 0.120 e. The van der Waals surface area contributed by atoms with Crippen LogP contribution in [0.15, 0.2) is 28.2 Å². The Morgan fingerprint density at radius 3 is 2.94 bits per heavy atom. The number of furan rings is 1. The average Bonchev–Trinajstić information content (AvgIpc) is 2.89. The zero-order chi connectivity index (χ0) is 11.4. The topological polar surface area (TPSA) is 25.2 Å². The van der Waals surface area contributed by atoms with Crippen molar-refractivity contribution in [2.24, 2.45) is 0 Å². The van der Waals surface area contributed by atoms with Gasteiger partial charge in [-0.2, -0.15) is 0 Å². The summed E-state index contributed by atoms with van der Waals surface area (Å²) < 4.78 is 5.59. The Labute approximate surface area is 97.7 Å². The lowest BCUT2D eigenvalue weighted by Gasteiger charge is -2.11. The van der Waals surface area contributed by atoms with E-state index in [2.05, 4.69) is 24.4 Å².